The van der Waals surface area contributed by atoms with Crippen LogP contribution in [-0.4, -0.2) is 37.4 Å². The van der Waals surface area contributed by atoms with Crippen LogP contribution in [0.4, 0.5) is 10.1 Å². The van der Waals surface area contributed by atoms with Crippen molar-refractivity contribution in [3.8, 4) is 0 Å². The molecule has 0 heterocycles. The molecular formula is C22H22FN3O2. The Balaban J connectivity index is 1.72. The summed E-state index contributed by atoms with van der Waals surface area (Å²) in [5.41, 5.74) is 1.03. The summed E-state index contributed by atoms with van der Waals surface area (Å²) in [4.78, 5) is 26.3. The van der Waals surface area contributed by atoms with E-state index in [1.165, 1.54) is 18.2 Å². The SMILES string of the molecule is CN(C)[C@@H](CNC(=O)C(=O)Nc1ccccc1F)c1cccc2ccccc12. The van der Waals surface area contributed by atoms with Gasteiger partial charge in [-0.15, -0.1) is 0 Å². The minimum absolute atomic E-state index is 0.0270. The van der Waals surface area contributed by atoms with E-state index in [-0.39, 0.29) is 18.3 Å². The largest absolute Gasteiger partial charge is 0.346 e. The van der Waals surface area contributed by atoms with E-state index < -0.39 is 17.6 Å². The molecule has 3 rings (SSSR count). The number of amides is 2. The lowest BCUT2D eigenvalue weighted by atomic mass is 9.98. The number of rotatable bonds is 5. The minimum Gasteiger partial charge on any atom is -0.346 e. The number of fused-ring (bicyclic) bond motifs is 1. The van der Waals surface area contributed by atoms with Gasteiger partial charge in [0.05, 0.1) is 11.7 Å². The van der Waals surface area contributed by atoms with Crippen LogP contribution in [0.1, 0.15) is 11.6 Å². The number of nitrogens with one attached hydrogen (secondary N) is 2. The van der Waals surface area contributed by atoms with Gasteiger partial charge in [0.2, 0.25) is 0 Å². The third-order valence-electron chi connectivity index (χ3n) is 4.59. The second-order valence-corrected chi connectivity index (χ2v) is 6.69. The van der Waals surface area contributed by atoms with Crippen LogP contribution < -0.4 is 10.6 Å². The molecule has 3 aromatic rings. The van der Waals surface area contributed by atoms with Crippen LogP contribution in [0.25, 0.3) is 10.8 Å². The highest BCUT2D eigenvalue weighted by Gasteiger charge is 2.20. The second kappa shape index (κ2) is 8.63. The first-order valence-corrected chi connectivity index (χ1v) is 8.95. The monoisotopic (exact) mass is 379 g/mol. The molecule has 0 fully saturated rings. The van der Waals surface area contributed by atoms with Crippen molar-refractivity contribution in [3.05, 3.63) is 78.1 Å². The normalized spacial score (nSPS) is 12.0. The number of carbonyl (C=O) groups is 2. The molecule has 0 saturated heterocycles. The molecule has 0 aromatic heterocycles. The number of nitrogens with zero attached hydrogens (tertiary/aromatic N) is 1. The third kappa shape index (κ3) is 4.35. The molecule has 0 aliphatic rings. The summed E-state index contributed by atoms with van der Waals surface area (Å²) in [7, 11) is 3.83. The summed E-state index contributed by atoms with van der Waals surface area (Å²) >= 11 is 0. The Kier molecular flexibility index (Phi) is 6.01. The van der Waals surface area contributed by atoms with Gasteiger partial charge in [0.25, 0.3) is 0 Å². The molecular weight excluding hydrogens is 357 g/mol. The lowest BCUT2D eigenvalue weighted by Crippen LogP contribution is -2.40. The number of hydrogen-bond acceptors (Lipinski definition) is 3. The van der Waals surface area contributed by atoms with Crippen LogP contribution in [0.2, 0.25) is 0 Å². The van der Waals surface area contributed by atoms with Crippen LogP contribution in [0.15, 0.2) is 66.7 Å². The van der Waals surface area contributed by atoms with Crippen molar-refractivity contribution in [3.63, 3.8) is 0 Å². The summed E-state index contributed by atoms with van der Waals surface area (Å²) in [5, 5.41) is 7.14. The highest BCUT2D eigenvalue weighted by atomic mass is 19.1. The number of benzene rings is 3. The van der Waals surface area contributed by atoms with Crippen LogP contribution in [0.3, 0.4) is 0 Å². The first kappa shape index (κ1) is 19.5. The maximum Gasteiger partial charge on any atom is 0.313 e. The molecule has 2 N–H and O–H groups in total. The number of carbonyl (C=O) groups excluding carboxylic acids is 2. The molecule has 3 aromatic carbocycles. The molecule has 2 amide bonds. The number of likely N-dealkylation sites (N-methyl/N-ethyl adjacent to an activating group) is 1. The standard InChI is InChI=1S/C22H22FN3O2/c1-26(2)20(17-11-7-9-15-8-3-4-10-16(15)17)14-24-21(27)22(28)25-19-13-6-5-12-18(19)23/h3-13,20H,14H2,1-2H3,(H,24,27)(H,25,28)/t20-/m0/s1. The van der Waals surface area contributed by atoms with Gasteiger partial charge >= 0.3 is 11.8 Å². The Labute approximate surface area is 163 Å². The van der Waals surface area contributed by atoms with Crippen molar-refractivity contribution in [2.75, 3.05) is 26.0 Å². The van der Waals surface area contributed by atoms with Gasteiger partial charge < -0.3 is 15.5 Å². The van der Waals surface area contributed by atoms with Crippen molar-refractivity contribution < 1.29 is 14.0 Å². The van der Waals surface area contributed by atoms with Crippen LogP contribution in [-0.2, 0) is 9.59 Å². The zero-order chi connectivity index (χ0) is 20.1. The van der Waals surface area contributed by atoms with E-state index in [4.69, 9.17) is 0 Å². The third-order valence-corrected chi connectivity index (χ3v) is 4.59. The van der Waals surface area contributed by atoms with E-state index in [1.54, 1.807) is 6.07 Å². The Morgan fingerprint density at radius 2 is 1.61 bits per heavy atom. The van der Waals surface area contributed by atoms with Crippen LogP contribution in [0, 0.1) is 5.82 Å². The Bertz CT molecular complexity index is 998. The average Bonchev–Trinajstić information content (AvgIpc) is 2.69. The van der Waals surface area contributed by atoms with Gasteiger partial charge in [-0.05, 0) is 42.6 Å². The predicted molar refractivity (Wildman–Crippen MR) is 108 cm³/mol. The first-order chi connectivity index (χ1) is 13.5. The summed E-state index contributed by atoms with van der Waals surface area (Å²) in [6.07, 6.45) is 0. The highest BCUT2D eigenvalue weighted by molar-refractivity contribution is 6.39. The molecule has 0 spiro atoms. The van der Waals surface area contributed by atoms with Gasteiger partial charge in [-0.1, -0.05) is 54.6 Å². The molecule has 5 nitrogen and oxygen atoms in total. The molecule has 0 aliphatic heterocycles. The molecule has 0 radical (unpaired) electrons. The molecule has 0 aliphatic carbocycles. The van der Waals surface area contributed by atoms with E-state index in [1.807, 2.05) is 61.5 Å². The van der Waals surface area contributed by atoms with Gasteiger partial charge in [-0.3, -0.25) is 9.59 Å². The smallest absolute Gasteiger partial charge is 0.313 e. The molecule has 6 heteroatoms. The molecule has 28 heavy (non-hydrogen) atoms. The highest BCUT2D eigenvalue weighted by Crippen LogP contribution is 2.26. The lowest BCUT2D eigenvalue weighted by molar-refractivity contribution is -0.136. The summed E-state index contributed by atoms with van der Waals surface area (Å²) in [6.45, 7) is 0.241. The quantitative estimate of drug-likeness (QED) is 0.669. The molecule has 0 unspecified atom stereocenters. The Morgan fingerprint density at radius 3 is 2.36 bits per heavy atom. The van der Waals surface area contributed by atoms with Crippen molar-refractivity contribution in [1.82, 2.24) is 10.2 Å². The average molecular weight is 379 g/mol. The fraction of sp³-hybridized carbons (Fsp3) is 0.182. The maximum absolute atomic E-state index is 13.6. The van der Waals surface area contributed by atoms with Crippen molar-refractivity contribution >= 4 is 28.3 Å². The van der Waals surface area contributed by atoms with Crippen LogP contribution in [0.5, 0.6) is 0 Å². The Morgan fingerprint density at radius 1 is 0.929 bits per heavy atom. The van der Waals surface area contributed by atoms with Crippen molar-refractivity contribution in [1.29, 1.82) is 0 Å². The lowest BCUT2D eigenvalue weighted by Gasteiger charge is -2.26. The van der Waals surface area contributed by atoms with Gasteiger partial charge in [-0.25, -0.2) is 4.39 Å². The van der Waals surface area contributed by atoms with Crippen molar-refractivity contribution in [2.24, 2.45) is 0 Å². The zero-order valence-electron chi connectivity index (χ0n) is 15.8. The molecule has 1 atom stereocenters. The summed E-state index contributed by atoms with van der Waals surface area (Å²) in [6, 6.07) is 19.6. The topological polar surface area (TPSA) is 61.4 Å². The fourth-order valence-corrected chi connectivity index (χ4v) is 3.12. The maximum atomic E-state index is 13.6. The predicted octanol–water partition coefficient (Wildman–Crippen LogP) is 3.34. The summed E-state index contributed by atoms with van der Waals surface area (Å²) in [5.74, 6) is -2.30. The molecule has 144 valence electrons. The number of halogens is 1. The van der Waals surface area contributed by atoms with E-state index in [0.29, 0.717) is 0 Å². The zero-order valence-corrected chi connectivity index (χ0v) is 15.8. The van der Waals surface area contributed by atoms with Gasteiger partial charge in [0.1, 0.15) is 5.82 Å². The van der Waals surface area contributed by atoms with Gasteiger partial charge in [0.15, 0.2) is 0 Å². The van der Waals surface area contributed by atoms with E-state index in [9.17, 15) is 14.0 Å². The van der Waals surface area contributed by atoms with Crippen molar-refractivity contribution in [2.45, 2.75) is 6.04 Å². The van der Waals surface area contributed by atoms with Gasteiger partial charge in [-0.2, -0.15) is 0 Å². The second-order valence-electron chi connectivity index (χ2n) is 6.69. The minimum atomic E-state index is -0.902. The van der Waals surface area contributed by atoms with E-state index in [2.05, 4.69) is 10.6 Å². The van der Waals surface area contributed by atoms with E-state index >= 15 is 0 Å². The number of hydrogen-bond donors (Lipinski definition) is 2. The number of anilines is 1. The first-order valence-electron chi connectivity index (χ1n) is 8.95. The summed E-state index contributed by atoms with van der Waals surface area (Å²) < 4.78 is 13.6. The Hall–Kier alpha value is -3.25. The number of para-hydroxylation sites is 1. The van der Waals surface area contributed by atoms with Gasteiger partial charge in [0, 0.05) is 6.54 Å². The molecule has 0 bridgehead atoms. The fourth-order valence-electron chi connectivity index (χ4n) is 3.12. The molecule has 0 saturated carbocycles. The van der Waals surface area contributed by atoms with Crippen LogP contribution >= 0.6 is 0 Å². The van der Waals surface area contributed by atoms with E-state index in [0.717, 1.165) is 16.3 Å².